The van der Waals surface area contributed by atoms with Gasteiger partial charge in [0.2, 0.25) is 5.95 Å². The maximum absolute atomic E-state index is 12.7. The number of hydrogen-bond donors (Lipinski definition) is 3. The molecule has 0 aliphatic carbocycles. The molecular weight excluding hydrogens is 501 g/mol. The van der Waals surface area contributed by atoms with E-state index in [1.54, 1.807) is 12.1 Å². The van der Waals surface area contributed by atoms with Crippen molar-refractivity contribution in [2.45, 2.75) is 33.2 Å². The van der Waals surface area contributed by atoms with Crippen LogP contribution in [0.2, 0.25) is 0 Å². The molecule has 176 valence electrons. The third-order valence-corrected chi connectivity index (χ3v) is 5.79. The largest absolute Gasteiger partial charge is 0.573 e. The molecule has 1 atom stereocenters. The van der Waals surface area contributed by atoms with E-state index in [-0.39, 0.29) is 30.3 Å². The van der Waals surface area contributed by atoms with E-state index in [0.717, 1.165) is 15.7 Å². The lowest BCUT2D eigenvalue weighted by Crippen LogP contribution is -2.30. The number of aliphatic hydroxyl groups excluding tert-OH is 1. The van der Waals surface area contributed by atoms with Gasteiger partial charge in [0, 0.05) is 21.8 Å². The summed E-state index contributed by atoms with van der Waals surface area (Å²) >= 11 is 3.50. The molecule has 1 aromatic heterocycles. The summed E-state index contributed by atoms with van der Waals surface area (Å²) < 4.78 is 43.0. The van der Waals surface area contributed by atoms with E-state index in [9.17, 15) is 18.3 Å². The number of nitrogens with one attached hydrogen (secondary N) is 2. The summed E-state index contributed by atoms with van der Waals surface area (Å²) in [5, 5.41) is 16.1. The molecule has 3 aromatic rings. The van der Waals surface area contributed by atoms with E-state index in [0.29, 0.717) is 17.1 Å². The van der Waals surface area contributed by atoms with Gasteiger partial charge in [-0.3, -0.25) is 0 Å². The van der Waals surface area contributed by atoms with Crippen LogP contribution in [0.1, 0.15) is 19.4 Å². The predicted molar refractivity (Wildman–Crippen MR) is 126 cm³/mol. The second-order valence-corrected chi connectivity index (χ2v) is 8.61. The van der Waals surface area contributed by atoms with Crippen LogP contribution in [0.5, 0.6) is 5.75 Å². The molecular formula is C23H24BrF3N4O2. The summed E-state index contributed by atoms with van der Waals surface area (Å²) in [7, 11) is 0. The smallest absolute Gasteiger partial charge is 0.406 e. The summed E-state index contributed by atoms with van der Waals surface area (Å²) in [6, 6.07) is 12.6. The Balaban J connectivity index is 2.03. The molecule has 0 bridgehead atoms. The molecule has 10 heteroatoms. The van der Waals surface area contributed by atoms with Crippen LogP contribution in [0.4, 0.5) is 30.6 Å². The van der Waals surface area contributed by atoms with Crippen LogP contribution in [0, 0.1) is 12.8 Å². The molecule has 0 aliphatic heterocycles. The van der Waals surface area contributed by atoms with Gasteiger partial charge in [-0.25, -0.2) is 4.98 Å². The first-order chi connectivity index (χ1) is 15.6. The van der Waals surface area contributed by atoms with Crippen molar-refractivity contribution in [1.82, 2.24) is 9.97 Å². The molecule has 0 fully saturated rings. The fourth-order valence-corrected chi connectivity index (χ4v) is 3.41. The number of nitrogens with zero attached hydrogens (tertiary/aromatic N) is 2. The van der Waals surface area contributed by atoms with Crippen molar-refractivity contribution in [2.75, 3.05) is 17.2 Å². The highest BCUT2D eigenvalue weighted by molar-refractivity contribution is 9.10. The molecule has 6 nitrogen and oxygen atoms in total. The minimum atomic E-state index is -4.80. The predicted octanol–water partition coefficient (Wildman–Crippen LogP) is 6.29. The maximum atomic E-state index is 12.7. The Morgan fingerprint density at radius 1 is 1.09 bits per heavy atom. The van der Waals surface area contributed by atoms with Gasteiger partial charge in [0.1, 0.15) is 11.6 Å². The number of aliphatic hydroxyl groups is 1. The molecule has 0 saturated carbocycles. The zero-order chi connectivity index (χ0) is 24.2. The second kappa shape index (κ2) is 10.4. The van der Waals surface area contributed by atoms with Crippen LogP contribution in [0.3, 0.4) is 0 Å². The van der Waals surface area contributed by atoms with E-state index < -0.39 is 6.36 Å². The summed E-state index contributed by atoms with van der Waals surface area (Å²) in [5.74, 6) is 0.416. The first kappa shape index (κ1) is 24.8. The highest BCUT2D eigenvalue weighted by Gasteiger charge is 2.31. The quantitative estimate of drug-likeness (QED) is 0.321. The lowest BCUT2D eigenvalue weighted by molar-refractivity contribution is -0.274. The molecule has 33 heavy (non-hydrogen) atoms. The number of rotatable bonds is 8. The van der Waals surface area contributed by atoms with Gasteiger partial charge in [-0.15, -0.1) is 13.2 Å². The van der Waals surface area contributed by atoms with Crippen LogP contribution in [0.25, 0.3) is 11.3 Å². The maximum Gasteiger partial charge on any atom is 0.573 e. The lowest BCUT2D eigenvalue weighted by Gasteiger charge is -2.21. The molecule has 0 saturated heterocycles. The fraction of sp³-hybridized carbons (Fsp3) is 0.304. The number of halogens is 4. The van der Waals surface area contributed by atoms with Crippen LogP contribution in [0.15, 0.2) is 53.0 Å². The van der Waals surface area contributed by atoms with Crippen molar-refractivity contribution in [3.05, 3.63) is 58.6 Å². The molecule has 1 heterocycles. The number of ether oxygens (including phenoxy) is 1. The standard InChI is InChI=1S/C23H24BrF3N4O2/c1-13(2)20(12-32)30-22-29-19(15-6-4-7-16(10-15)33-23(25,26)27)11-21(31-22)28-18-9-5-8-17(24)14(18)3/h4-11,13,20,32H,12H2,1-3H3,(H2,28,29,30,31)/t20-/m1/s1. The van der Waals surface area contributed by atoms with Crippen LogP contribution < -0.4 is 15.4 Å². The number of anilines is 3. The van der Waals surface area contributed by atoms with Crippen LogP contribution in [-0.2, 0) is 0 Å². The van der Waals surface area contributed by atoms with E-state index in [1.165, 1.54) is 18.2 Å². The Hall–Kier alpha value is -2.85. The van der Waals surface area contributed by atoms with Gasteiger partial charge in [0.15, 0.2) is 0 Å². The highest BCUT2D eigenvalue weighted by atomic mass is 79.9. The molecule has 0 amide bonds. The molecule has 0 spiro atoms. The highest BCUT2D eigenvalue weighted by Crippen LogP contribution is 2.31. The van der Waals surface area contributed by atoms with Crippen molar-refractivity contribution < 1.29 is 23.0 Å². The lowest BCUT2D eigenvalue weighted by atomic mass is 10.1. The topological polar surface area (TPSA) is 79.3 Å². The Bertz CT molecular complexity index is 1110. The minimum absolute atomic E-state index is 0.0921. The van der Waals surface area contributed by atoms with Gasteiger partial charge in [-0.05, 0) is 42.7 Å². The number of alkyl halides is 3. The molecule has 0 unspecified atom stereocenters. The van der Waals surface area contributed by atoms with Crippen molar-refractivity contribution in [3.8, 4) is 17.0 Å². The van der Waals surface area contributed by atoms with Gasteiger partial charge in [0.25, 0.3) is 0 Å². The zero-order valence-corrected chi connectivity index (χ0v) is 19.8. The average molecular weight is 525 g/mol. The fourth-order valence-electron chi connectivity index (χ4n) is 3.05. The normalized spacial score (nSPS) is 12.5. The van der Waals surface area contributed by atoms with Crippen molar-refractivity contribution in [3.63, 3.8) is 0 Å². The van der Waals surface area contributed by atoms with Gasteiger partial charge in [-0.2, -0.15) is 4.98 Å². The van der Waals surface area contributed by atoms with Crippen molar-refractivity contribution in [1.29, 1.82) is 0 Å². The Morgan fingerprint density at radius 2 is 1.82 bits per heavy atom. The van der Waals surface area contributed by atoms with Crippen LogP contribution in [-0.4, -0.2) is 34.1 Å². The van der Waals surface area contributed by atoms with Gasteiger partial charge >= 0.3 is 6.36 Å². The molecule has 0 aliphatic rings. The Kier molecular flexibility index (Phi) is 7.80. The third kappa shape index (κ3) is 6.82. The Morgan fingerprint density at radius 3 is 2.48 bits per heavy atom. The van der Waals surface area contributed by atoms with Crippen molar-refractivity contribution >= 4 is 33.4 Å². The van der Waals surface area contributed by atoms with E-state index >= 15 is 0 Å². The zero-order valence-electron chi connectivity index (χ0n) is 18.2. The summed E-state index contributed by atoms with van der Waals surface area (Å²) in [5.41, 5.74) is 2.57. The first-order valence-corrected chi connectivity index (χ1v) is 11.0. The summed E-state index contributed by atoms with van der Waals surface area (Å²) in [4.78, 5) is 8.98. The summed E-state index contributed by atoms with van der Waals surface area (Å²) in [6.07, 6.45) is -4.80. The Labute approximate surface area is 198 Å². The van der Waals surface area contributed by atoms with Gasteiger partial charge in [0.05, 0.1) is 18.3 Å². The molecule has 0 radical (unpaired) electrons. The first-order valence-electron chi connectivity index (χ1n) is 10.2. The molecule has 2 aromatic carbocycles. The van der Waals surface area contributed by atoms with E-state index in [2.05, 4.69) is 41.3 Å². The number of benzene rings is 2. The van der Waals surface area contributed by atoms with Gasteiger partial charge in [-0.1, -0.05) is 48.0 Å². The number of hydrogen-bond acceptors (Lipinski definition) is 6. The van der Waals surface area contributed by atoms with E-state index in [4.69, 9.17) is 0 Å². The monoisotopic (exact) mass is 524 g/mol. The third-order valence-electron chi connectivity index (χ3n) is 4.94. The number of aromatic nitrogens is 2. The minimum Gasteiger partial charge on any atom is -0.406 e. The molecule has 3 rings (SSSR count). The SMILES string of the molecule is Cc1c(Br)cccc1Nc1cc(-c2cccc(OC(F)(F)F)c2)nc(N[C@H](CO)C(C)C)n1. The van der Waals surface area contributed by atoms with Crippen molar-refractivity contribution in [2.24, 2.45) is 5.92 Å². The molecule has 3 N–H and O–H groups in total. The second-order valence-electron chi connectivity index (χ2n) is 7.75. The summed E-state index contributed by atoms with van der Waals surface area (Å²) in [6.45, 7) is 5.69. The van der Waals surface area contributed by atoms with E-state index in [1.807, 2.05) is 39.0 Å². The van der Waals surface area contributed by atoms with Gasteiger partial charge < -0.3 is 20.5 Å². The average Bonchev–Trinajstić information content (AvgIpc) is 2.74. The van der Waals surface area contributed by atoms with Crippen LogP contribution >= 0.6 is 15.9 Å².